The zero-order chi connectivity index (χ0) is 12.3. The molecule has 5 heteroatoms. The Morgan fingerprint density at radius 3 is 3.00 bits per heavy atom. The van der Waals surface area contributed by atoms with Gasteiger partial charge >= 0.3 is 0 Å². The van der Waals surface area contributed by atoms with Crippen LogP contribution in [-0.4, -0.2) is 34.2 Å². The Balaban J connectivity index is 2.00. The van der Waals surface area contributed by atoms with Crippen LogP contribution in [0.15, 0.2) is 0 Å². The van der Waals surface area contributed by atoms with Crippen molar-refractivity contribution in [3.63, 3.8) is 0 Å². The second-order valence-corrected chi connectivity index (χ2v) is 5.79. The van der Waals surface area contributed by atoms with Gasteiger partial charge in [0.2, 0.25) is 5.13 Å². The van der Waals surface area contributed by atoms with Gasteiger partial charge in [-0.15, -0.1) is 0 Å². The maximum absolute atomic E-state index is 9.01. The second kappa shape index (κ2) is 5.78. The van der Waals surface area contributed by atoms with Crippen molar-refractivity contribution >= 4 is 16.7 Å². The molecule has 0 radical (unpaired) electrons. The smallest absolute Gasteiger partial charge is 0.205 e. The van der Waals surface area contributed by atoms with Gasteiger partial charge in [0, 0.05) is 37.1 Å². The summed E-state index contributed by atoms with van der Waals surface area (Å²) in [6.45, 7) is 6.64. The Kier molecular flexibility index (Phi) is 4.34. The van der Waals surface area contributed by atoms with E-state index in [1.807, 2.05) is 0 Å². The lowest BCUT2D eigenvalue weighted by molar-refractivity contribution is 0.244. The zero-order valence-electron chi connectivity index (χ0n) is 10.6. The first kappa shape index (κ1) is 12.8. The van der Waals surface area contributed by atoms with Crippen LogP contribution in [0.1, 0.15) is 44.9 Å². The monoisotopic (exact) mass is 255 g/mol. The number of nitrogens with zero attached hydrogens (tertiary/aromatic N) is 3. The third-order valence-electron chi connectivity index (χ3n) is 3.27. The highest BCUT2D eigenvalue weighted by atomic mass is 32.1. The normalized spacial score (nSPS) is 21.2. The summed E-state index contributed by atoms with van der Waals surface area (Å²) >= 11 is 1.51. The molecule has 1 fully saturated rings. The summed E-state index contributed by atoms with van der Waals surface area (Å²) in [4.78, 5) is 6.93. The number of hydrogen-bond donors (Lipinski definition) is 1. The molecule has 1 unspecified atom stereocenters. The Morgan fingerprint density at radius 1 is 1.53 bits per heavy atom. The maximum Gasteiger partial charge on any atom is 0.205 e. The van der Waals surface area contributed by atoms with Crippen molar-refractivity contribution in [1.29, 1.82) is 0 Å². The minimum Gasteiger partial charge on any atom is -0.396 e. The van der Waals surface area contributed by atoms with Gasteiger partial charge in [0.05, 0.1) is 0 Å². The molecule has 1 aliphatic heterocycles. The third kappa shape index (κ3) is 3.16. The van der Waals surface area contributed by atoms with Crippen LogP contribution in [0.4, 0.5) is 5.13 Å². The number of piperidine rings is 1. The molecule has 0 bridgehead atoms. The molecule has 2 heterocycles. The Hall–Kier alpha value is -0.680. The van der Waals surface area contributed by atoms with Gasteiger partial charge in [-0.2, -0.15) is 4.37 Å². The lowest BCUT2D eigenvalue weighted by Crippen LogP contribution is -2.35. The molecule has 96 valence electrons. The zero-order valence-corrected chi connectivity index (χ0v) is 11.4. The second-order valence-electron chi connectivity index (χ2n) is 5.06. The van der Waals surface area contributed by atoms with Gasteiger partial charge in [-0.05, 0) is 25.2 Å². The number of hydrogen-bond acceptors (Lipinski definition) is 5. The highest BCUT2D eigenvalue weighted by molar-refractivity contribution is 7.09. The Morgan fingerprint density at radius 2 is 2.35 bits per heavy atom. The predicted octanol–water partition coefficient (Wildman–Crippen LogP) is 2.26. The van der Waals surface area contributed by atoms with Gasteiger partial charge in [0.1, 0.15) is 5.82 Å². The van der Waals surface area contributed by atoms with Crippen LogP contribution in [-0.2, 0) is 0 Å². The molecule has 0 amide bonds. The molecule has 17 heavy (non-hydrogen) atoms. The lowest BCUT2D eigenvalue weighted by atomic mass is 9.95. The number of anilines is 1. The summed E-state index contributed by atoms with van der Waals surface area (Å²) in [5.74, 6) is 1.97. The van der Waals surface area contributed by atoms with Crippen molar-refractivity contribution < 1.29 is 5.11 Å². The molecule has 1 aliphatic rings. The fraction of sp³-hybridized carbons (Fsp3) is 0.833. The van der Waals surface area contributed by atoms with Crippen molar-refractivity contribution in [2.24, 2.45) is 5.92 Å². The molecule has 2 rings (SSSR count). The van der Waals surface area contributed by atoms with Crippen LogP contribution in [0.5, 0.6) is 0 Å². The van der Waals surface area contributed by atoms with E-state index in [0.717, 1.165) is 30.5 Å². The first-order valence-corrected chi connectivity index (χ1v) is 7.17. The largest absolute Gasteiger partial charge is 0.396 e. The molecule has 0 aromatic carbocycles. The van der Waals surface area contributed by atoms with E-state index in [2.05, 4.69) is 28.1 Å². The number of rotatable bonds is 4. The van der Waals surface area contributed by atoms with E-state index >= 15 is 0 Å². The number of aliphatic hydroxyl groups is 1. The summed E-state index contributed by atoms with van der Waals surface area (Å²) in [5.41, 5.74) is 0. The standard InChI is InChI=1S/C12H21N3OS/c1-9(2)11-13-12(17-14-11)15-6-3-4-10(8-15)5-7-16/h9-10,16H,3-8H2,1-2H3. The highest BCUT2D eigenvalue weighted by Gasteiger charge is 2.22. The van der Waals surface area contributed by atoms with E-state index in [1.54, 1.807) is 0 Å². The summed E-state index contributed by atoms with van der Waals surface area (Å²) in [6.07, 6.45) is 3.33. The minimum atomic E-state index is 0.297. The van der Waals surface area contributed by atoms with Gasteiger partial charge < -0.3 is 10.0 Å². The van der Waals surface area contributed by atoms with Crippen LogP contribution >= 0.6 is 11.5 Å². The highest BCUT2D eigenvalue weighted by Crippen LogP contribution is 2.27. The number of aromatic nitrogens is 2. The minimum absolute atomic E-state index is 0.297. The molecule has 1 aromatic rings. The van der Waals surface area contributed by atoms with E-state index in [0.29, 0.717) is 18.4 Å². The van der Waals surface area contributed by atoms with Crippen molar-refractivity contribution in [1.82, 2.24) is 9.36 Å². The van der Waals surface area contributed by atoms with Crippen molar-refractivity contribution in [3.8, 4) is 0 Å². The van der Waals surface area contributed by atoms with Crippen LogP contribution in [0.3, 0.4) is 0 Å². The Bertz CT molecular complexity index is 351. The van der Waals surface area contributed by atoms with Crippen molar-refractivity contribution in [2.45, 2.75) is 39.0 Å². The average Bonchev–Trinajstić information content (AvgIpc) is 2.79. The Labute approximate surface area is 107 Å². The van der Waals surface area contributed by atoms with Gasteiger partial charge in [0.15, 0.2) is 0 Å². The van der Waals surface area contributed by atoms with Crippen molar-refractivity contribution in [2.75, 3.05) is 24.6 Å². The topological polar surface area (TPSA) is 49.2 Å². The van der Waals surface area contributed by atoms with Gasteiger partial charge in [0.25, 0.3) is 0 Å². The molecule has 0 saturated carbocycles. The molecular formula is C12H21N3OS. The van der Waals surface area contributed by atoms with Gasteiger partial charge in [-0.1, -0.05) is 13.8 Å². The fourth-order valence-electron chi connectivity index (χ4n) is 2.25. The molecule has 4 nitrogen and oxygen atoms in total. The summed E-state index contributed by atoms with van der Waals surface area (Å²) in [7, 11) is 0. The molecule has 1 N–H and O–H groups in total. The molecule has 1 saturated heterocycles. The summed E-state index contributed by atoms with van der Waals surface area (Å²) in [5, 5.41) is 10.1. The molecule has 0 aliphatic carbocycles. The first-order valence-electron chi connectivity index (χ1n) is 6.40. The van der Waals surface area contributed by atoms with E-state index in [-0.39, 0.29) is 0 Å². The molecule has 1 aromatic heterocycles. The fourth-order valence-corrected chi connectivity index (χ4v) is 3.09. The van der Waals surface area contributed by atoms with Crippen LogP contribution in [0, 0.1) is 5.92 Å². The third-order valence-corrected chi connectivity index (χ3v) is 4.07. The first-order chi connectivity index (χ1) is 8.20. The van der Waals surface area contributed by atoms with Gasteiger partial charge in [-0.3, -0.25) is 0 Å². The predicted molar refractivity (Wildman–Crippen MR) is 70.6 cm³/mol. The van der Waals surface area contributed by atoms with Crippen LogP contribution < -0.4 is 4.90 Å². The van der Waals surface area contributed by atoms with Crippen molar-refractivity contribution in [3.05, 3.63) is 5.82 Å². The molecular weight excluding hydrogens is 234 g/mol. The maximum atomic E-state index is 9.01. The summed E-state index contributed by atoms with van der Waals surface area (Å²) in [6, 6.07) is 0. The van der Waals surface area contributed by atoms with E-state index in [4.69, 9.17) is 5.11 Å². The van der Waals surface area contributed by atoms with Crippen LogP contribution in [0.2, 0.25) is 0 Å². The van der Waals surface area contributed by atoms with E-state index in [1.165, 1.54) is 24.4 Å². The van der Waals surface area contributed by atoms with E-state index in [9.17, 15) is 0 Å². The molecule has 1 atom stereocenters. The van der Waals surface area contributed by atoms with Gasteiger partial charge in [-0.25, -0.2) is 4.98 Å². The lowest BCUT2D eigenvalue weighted by Gasteiger charge is -2.31. The van der Waals surface area contributed by atoms with Crippen LogP contribution in [0.25, 0.3) is 0 Å². The average molecular weight is 255 g/mol. The van der Waals surface area contributed by atoms with E-state index < -0.39 is 0 Å². The molecule has 0 spiro atoms. The summed E-state index contributed by atoms with van der Waals surface area (Å²) < 4.78 is 4.40. The SMILES string of the molecule is CC(C)c1nsc(N2CCCC(CCO)C2)n1. The quantitative estimate of drug-likeness (QED) is 0.896. The number of aliphatic hydroxyl groups excluding tert-OH is 1.